The van der Waals surface area contributed by atoms with Crippen LogP contribution >= 0.6 is 11.6 Å². The van der Waals surface area contributed by atoms with E-state index in [4.69, 9.17) is 16.3 Å². The van der Waals surface area contributed by atoms with Crippen molar-refractivity contribution >= 4 is 17.6 Å². The summed E-state index contributed by atoms with van der Waals surface area (Å²) in [4.78, 5) is 25.3. The number of aromatic nitrogens is 1. The van der Waals surface area contributed by atoms with E-state index in [-0.39, 0.29) is 30.3 Å². The van der Waals surface area contributed by atoms with Crippen LogP contribution in [0.4, 0.5) is 8.78 Å². The van der Waals surface area contributed by atoms with Gasteiger partial charge in [-0.3, -0.25) is 9.59 Å². The average Bonchev–Trinajstić information content (AvgIpc) is 2.27. The van der Waals surface area contributed by atoms with E-state index in [2.05, 4.69) is 4.98 Å². The number of alkyl halides is 3. The minimum atomic E-state index is -2.90. The summed E-state index contributed by atoms with van der Waals surface area (Å²) in [6.07, 6.45) is -3.09. The maximum Gasteiger partial charge on any atom is 0.311 e. The number of pyridine rings is 1. The first-order valence-corrected chi connectivity index (χ1v) is 5.77. The monoisotopic (exact) mass is 279 g/mol. The van der Waals surface area contributed by atoms with Crippen molar-refractivity contribution in [3.05, 3.63) is 33.2 Å². The molecule has 100 valence electrons. The van der Waals surface area contributed by atoms with Gasteiger partial charge in [-0.15, -0.1) is 11.6 Å². The predicted octanol–water partition coefficient (Wildman–Crippen LogP) is 2.16. The van der Waals surface area contributed by atoms with Crippen molar-refractivity contribution in [3.8, 4) is 0 Å². The van der Waals surface area contributed by atoms with Crippen LogP contribution in [-0.4, -0.2) is 17.6 Å². The van der Waals surface area contributed by atoms with Gasteiger partial charge in [0.1, 0.15) is 0 Å². The van der Waals surface area contributed by atoms with Gasteiger partial charge in [-0.2, -0.15) is 0 Å². The number of nitrogens with one attached hydrogen (secondary N) is 1. The number of hydrogen-bond donors (Lipinski definition) is 1. The number of esters is 1. The van der Waals surface area contributed by atoms with E-state index >= 15 is 0 Å². The highest BCUT2D eigenvalue weighted by Gasteiger charge is 2.19. The topological polar surface area (TPSA) is 59.2 Å². The summed E-state index contributed by atoms with van der Waals surface area (Å²) in [7, 11) is 0. The molecule has 0 bridgehead atoms. The molecule has 1 heterocycles. The molecule has 0 spiro atoms. The van der Waals surface area contributed by atoms with Crippen LogP contribution in [0.3, 0.4) is 0 Å². The third-order valence-electron chi connectivity index (χ3n) is 2.20. The lowest BCUT2D eigenvalue weighted by Gasteiger charge is -2.08. The highest BCUT2D eigenvalue weighted by Crippen LogP contribution is 2.19. The SMILES string of the molecule is CCOC(=O)Cc1cc(=O)c(C(F)F)c(CCl)[nH]1. The molecule has 1 N–H and O–H groups in total. The van der Waals surface area contributed by atoms with Crippen LogP contribution in [-0.2, 0) is 21.8 Å². The highest BCUT2D eigenvalue weighted by molar-refractivity contribution is 6.17. The molecule has 4 nitrogen and oxygen atoms in total. The van der Waals surface area contributed by atoms with E-state index in [1.807, 2.05) is 0 Å². The van der Waals surface area contributed by atoms with Crippen LogP contribution < -0.4 is 5.43 Å². The van der Waals surface area contributed by atoms with Crippen LogP contribution in [0.2, 0.25) is 0 Å². The molecular formula is C11H12ClF2NO3. The van der Waals surface area contributed by atoms with Crippen LogP contribution in [0.25, 0.3) is 0 Å². The Hall–Kier alpha value is -1.43. The van der Waals surface area contributed by atoms with E-state index in [0.29, 0.717) is 0 Å². The summed E-state index contributed by atoms with van der Waals surface area (Å²) in [6, 6.07) is 0.967. The molecule has 0 amide bonds. The predicted molar refractivity (Wildman–Crippen MR) is 61.9 cm³/mol. The van der Waals surface area contributed by atoms with Gasteiger partial charge in [0.2, 0.25) is 0 Å². The number of rotatable bonds is 5. The van der Waals surface area contributed by atoms with Crippen molar-refractivity contribution in [2.75, 3.05) is 6.61 Å². The second-order valence-corrected chi connectivity index (χ2v) is 3.73. The second-order valence-electron chi connectivity index (χ2n) is 3.47. The van der Waals surface area contributed by atoms with E-state index < -0.39 is 23.4 Å². The summed E-state index contributed by atoms with van der Waals surface area (Å²) < 4.78 is 29.9. The molecular weight excluding hydrogens is 268 g/mol. The molecule has 7 heteroatoms. The second kappa shape index (κ2) is 6.49. The number of carbonyl (C=O) groups excluding carboxylic acids is 1. The van der Waals surface area contributed by atoms with Crippen LogP contribution in [0.1, 0.15) is 30.3 Å². The van der Waals surface area contributed by atoms with Crippen LogP contribution in [0, 0.1) is 0 Å². The first kappa shape index (κ1) is 14.6. The third kappa shape index (κ3) is 3.53. The zero-order valence-electron chi connectivity index (χ0n) is 9.63. The molecule has 1 rings (SSSR count). The molecule has 0 aromatic carbocycles. The van der Waals surface area contributed by atoms with Gasteiger partial charge in [0.25, 0.3) is 6.43 Å². The van der Waals surface area contributed by atoms with E-state index in [1.165, 1.54) is 0 Å². The van der Waals surface area contributed by atoms with E-state index in [1.54, 1.807) is 6.92 Å². The number of ether oxygens (including phenoxy) is 1. The number of aromatic amines is 1. The zero-order chi connectivity index (χ0) is 13.7. The molecule has 0 aliphatic rings. The summed E-state index contributed by atoms with van der Waals surface area (Å²) in [6.45, 7) is 1.85. The molecule has 18 heavy (non-hydrogen) atoms. The van der Waals surface area contributed by atoms with Crippen molar-refractivity contribution in [1.29, 1.82) is 0 Å². The van der Waals surface area contributed by atoms with Crippen molar-refractivity contribution in [1.82, 2.24) is 4.98 Å². The third-order valence-corrected chi connectivity index (χ3v) is 2.47. The maximum absolute atomic E-state index is 12.6. The number of halogens is 3. The molecule has 1 aromatic heterocycles. The van der Waals surface area contributed by atoms with Gasteiger partial charge >= 0.3 is 5.97 Å². The van der Waals surface area contributed by atoms with Crippen molar-refractivity contribution < 1.29 is 18.3 Å². The Morgan fingerprint density at radius 3 is 2.72 bits per heavy atom. The lowest BCUT2D eigenvalue weighted by Crippen LogP contribution is -2.18. The first-order chi connectivity index (χ1) is 8.49. The minimum absolute atomic E-state index is 0.0709. The molecule has 0 aliphatic carbocycles. The molecule has 0 radical (unpaired) electrons. The fourth-order valence-corrected chi connectivity index (χ4v) is 1.70. The zero-order valence-corrected chi connectivity index (χ0v) is 10.4. The Morgan fingerprint density at radius 2 is 2.22 bits per heavy atom. The van der Waals surface area contributed by atoms with Crippen LogP contribution in [0.5, 0.6) is 0 Å². The molecule has 0 saturated carbocycles. The summed E-state index contributed by atoms with van der Waals surface area (Å²) in [5, 5.41) is 0. The molecule has 0 saturated heterocycles. The Morgan fingerprint density at radius 1 is 1.56 bits per heavy atom. The van der Waals surface area contributed by atoms with Gasteiger partial charge in [-0.1, -0.05) is 0 Å². The maximum atomic E-state index is 12.6. The van der Waals surface area contributed by atoms with Gasteiger partial charge in [-0.05, 0) is 6.92 Å². The van der Waals surface area contributed by atoms with Crippen molar-refractivity contribution in [3.63, 3.8) is 0 Å². The Balaban J connectivity index is 3.07. The number of hydrogen-bond acceptors (Lipinski definition) is 3. The minimum Gasteiger partial charge on any atom is -0.466 e. The lowest BCUT2D eigenvalue weighted by molar-refractivity contribution is -0.142. The summed E-state index contributed by atoms with van der Waals surface area (Å²) in [5.41, 5.74) is -1.35. The van der Waals surface area contributed by atoms with Gasteiger partial charge in [0.05, 0.1) is 24.5 Å². The van der Waals surface area contributed by atoms with Crippen LogP contribution in [0.15, 0.2) is 10.9 Å². The van der Waals surface area contributed by atoms with Gasteiger partial charge in [-0.25, -0.2) is 8.78 Å². The molecule has 1 aromatic rings. The fourth-order valence-electron chi connectivity index (χ4n) is 1.49. The standard InChI is InChI=1S/C11H12ClF2NO3/c1-2-18-9(17)4-6-3-8(16)10(11(13)14)7(5-12)15-6/h3,11H,2,4-5H2,1H3,(H,15,16). The summed E-state index contributed by atoms with van der Waals surface area (Å²) in [5.74, 6) is -0.801. The molecule has 0 unspecified atom stereocenters. The lowest BCUT2D eigenvalue weighted by atomic mass is 10.1. The van der Waals surface area contributed by atoms with Gasteiger partial charge in [0.15, 0.2) is 5.43 Å². The Labute approximate surface area is 107 Å². The quantitative estimate of drug-likeness (QED) is 0.664. The van der Waals surface area contributed by atoms with Crippen molar-refractivity contribution in [2.24, 2.45) is 0 Å². The largest absolute Gasteiger partial charge is 0.466 e. The molecule has 0 aliphatic heterocycles. The van der Waals surface area contributed by atoms with E-state index in [9.17, 15) is 18.4 Å². The molecule has 0 atom stereocenters. The fraction of sp³-hybridized carbons (Fsp3) is 0.455. The van der Waals surface area contributed by atoms with E-state index in [0.717, 1.165) is 6.07 Å². The number of carbonyl (C=O) groups is 1. The Bertz CT molecular complexity index is 488. The Kier molecular flexibility index (Phi) is 5.27. The highest BCUT2D eigenvalue weighted by atomic mass is 35.5. The average molecular weight is 280 g/mol. The number of H-pyrrole nitrogens is 1. The first-order valence-electron chi connectivity index (χ1n) is 5.24. The normalized spacial score (nSPS) is 10.7. The smallest absolute Gasteiger partial charge is 0.311 e. The summed E-state index contributed by atoms with van der Waals surface area (Å²) >= 11 is 5.50. The van der Waals surface area contributed by atoms with Gasteiger partial charge < -0.3 is 9.72 Å². The van der Waals surface area contributed by atoms with Gasteiger partial charge in [0, 0.05) is 17.5 Å². The molecule has 0 fully saturated rings. The van der Waals surface area contributed by atoms with Crippen molar-refractivity contribution in [2.45, 2.75) is 25.7 Å².